The second kappa shape index (κ2) is 5.14. The predicted molar refractivity (Wildman–Crippen MR) is 76.9 cm³/mol. The van der Waals surface area contributed by atoms with Crippen LogP contribution in [0, 0.1) is 0 Å². The molecule has 0 aliphatic heterocycles. The van der Waals surface area contributed by atoms with Crippen LogP contribution in [0.15, 0.2) is 27.2 Å². The van der Waals surface area contributed by atoms with Crippen molar-refractivity contribution in [3.05, 3.63) is 28.6 Å². The summed E-state index contributed by atoms with van der Waals surface area (Å²) in [5.74, 6) is 1.14. The van der Waals surface area contributed by atoms with Gasteiger partial charge in [0, 0.05) is 5.56 Å². The molecule has 6 nitrogen and oxygen atoms in total. The number of methoxy groups -OCH3 is 2. The molecule has 0 N–H and O–H groups in total. The summed E-state index contributed by atoms with van der Waals surface area (Å²) in [5.41, 5.74) is 0.0299. The third-order valence-corrected chi connectivity index (χ3v) is 4.19. The van der Waals surface area contributed by atoms with Crippen LogP contribution >= 0.6 is 15.9 Å². The summed E-state index contributed by atoms with van der Waals surface area (Å²) in [6.07, 6.45) is 1.35. The lowest BCUT2D eigenvalue weighted by atomic mass is 10.1. The molecule has 2 aromatic rings. The number of esters is 1. The second-order valence-electron chi connectivity index (χ2n) is 4.85. The largest absolute Gasteiger partial charge is 0.496 e. The van der Waals surface area contributed by atoms with E-state index in [1.54, 1.807) is 7.11 Å². The zero-order valence-corrected chi connectivity index (χ0v) is 13.1. The van der Waals surface area contributed by atoms with Gasteiger partial charge >= 0.3 is 5.97 Å². The van der Waals surface area contributed by atoms with Gasteiger partial charge in [0.2, 0.25) is 11.7 Å². The lowest BCUT2D eigenvalue weighted by Gasteiger charge is -2.06. The van der Waals surface area contributed by atoms with Crippen molar-refractivity contribution in [2.75, 3.05) is 14.2 Å². The van der Waals surface area contributed by atoms with Gasteiger partial charge in [-0.05, 0) is 47.0 Å². The highest BCUT2D eigenvalue weighted by Crippen LogP contribution is 2.48. The Labute approximate surface area is 129 Å². The molecule has 1 fully saturated rings. The zero-order chi connectivity index (χ0) is 15.0. The second-order valence-corrected chi connectivity index (χ2v) is 5.70. The molecule has 21 heavy (non-hydrogen) atoms. The molecule has 1 heterocycles. The van der Waals surface area contributed by atoms with Crippen molar-refractivity contribution in [3.63, 3.8) is 0 Å². The maximum atomic E-state index is 11.8. The lowest BCUT2D eigenvalue weighted by Crippen LogP contribution is -2.22. The van der Waals surface area contributed by atoms with Gasteiger partial charge in [-0.25, -0.2) is 0 Å². The molecule has 1 aromatic heterocycles. The Morgan fingerprint density at radius 1 is 1.38 bits per heavy atom. The van der Waals surface area contributed by atoms with E-state index in [0.29, 0.717) is 24.6 Å². The van der Waals surface area contributed by atoms with E-state index in [-0.39, 0.29) is 5.97 Å². The molecule has 1 aliphatic carbocycles. The molecule has 0 saturated heterocycles. The Morgan fingerprint density at radius 3 is 2.71 bits per heavy atom. The molecule has 0 amide bonds. The van der Waals surface area contributed by atoms with Crippen LogP contribution in [0.5, 0.6) is 5.75 Å². The number of carbonyl (C=O) groups excluding carboxylic acids is 1. The number of aromatic nitrogens is 2. The van der Waals surface area contributed by atoms with Crippen LogP contribution in [-0.4, -0.2) is 30.3 Å². The van der Waals surface area contributed by atoms with Crippen molar-refractivity contribution in [1.29, 1.82) is 0 Å². The fourth-order valence-corrected chi connectivity index (χ4v) is 2.71. The Kier molecular flexibility index (Phi) is 3.44. The first-order chi connectivity index (χ1) is 10.1. The molecule has 110 valence electrons. The topological polar surface area (TPSA) is 74.5 Å². The number of carbonyl (C=O) groups is 1. The number of nitrogens with zero attached hydrogens (tertiary/aromatic N) is 2. The Morgan fingerprint density at radius 2 is 2.14 bits per heavy atom. The highest BCUT2D eigenvalue weighted by Gasteiger charge is 2.57. The van der Waals surface area contributed by atoms with E-state index >= 15 is 0 Å². The van der Waals surface area contributed by atoms with Crippen LogP contribution < -0.4 is 4.74 Å². The van der Waals surface area contributed by atoms with Crippen LogP contribution in [0.3, 0.4) is 0 Å². The smallest absolute Gasteiger partial charge is 0.321 e. The minimum Gasteiger partial charge on any atom is -0.496 e. The van der Waals surface area contributed by atoms with Crippen LogP contribution in [0.1, 0.15) is 18.7 Å². The summed E-state index contributed by atoms with van der Waals surface area (Å²) in [7, 11) is 2.96. The van der Waals surface area contributed by atoms with Crippen molar-refractivity contribution in [2.45, 2.75) is 18.3 Å². The minimum atomic E-state index is -0.746. The van der Waals surface area contributed by atoms with E-state index in [0.717, 1.165) is 15.8 Å². The van der Waals surface area contributed by atoms with E-state index in [2.05, 4.69) is 26.1 Å². The van der Waals surface area contributed by atoms with E-state index in [1.807, 2.05) is 18.2 Å². The number of halogens is 1. The monoisotopic (exact) mass is 352 g/mol. The molecule has 1 aliphatic rings. The molecule has 0 atom stereocenters. The Balaban J connectivity index is 1.92. The van der Waals surface area contributed by atoms with Gasteiger partial charge in [-0.2, -0.15) is 4.98 Å². The molecule has 0 unspecified atom stereocenters. The first-order valence-corrected chi connectivity index (χ1v) is 7.16. The van der Waals surface area contributed by atoms with E-state index in [9.17, 15) is 4.79 Å². The van der Waals surface area contributed by atoms with E-state index < -0.39 is 5.41 Å². The molecule has 0 bridgehead atoms. The van der Waals surface area contributed by atoms with Crippen molar-refractivity contribution >= 4 is 21.9 Å². The maximum absolute atomic E-state index is 11.8. The summed E-state index contributed by atoms with van der Waals surface area (Å²) in [6.45, 7) is 0. The average Bonchev–Trinajstić information content (AvgIpc) is 3.16. The summed E-state index contributed by atoms with van der Waals surface area (Å²) in [5, 5.41) is 3.95. The van der Waals surface area contributed by atoms with Gasteiger partial charge in [0.1, 0.15) is 11.2 Å². The highest BCUT2D eigenvalue weighted by molar-refractivity contribution is 9.10. The van der Waals surface area contributed by atoms with Gasteiger partial charge in [0.25, 0.3) is 0 Å². The first-order valence-electron chi connectivity index (χ1n) is 6.37. The van der Waals surface area contributed by atoms with Gasteiger partial charge in [0.15, 0.2) is 0 Å². The highest BCUT2D eigenvalue weighted by atomic mass is 79.9. The molecular weight excluding hydrogens is 340 g/mol. The standard InChI is InChI=1S/C14H13BrN2O4/c1-19-10-4-3-8(7-9(10)15)11-16-12(21-17-11)14(5-6-14)13(18)20-2/h3-4,7H,5-6H2,1-2H3. The number of hydrogen-bond acceptors (Lipinski definition) is 6. The number of benzene rings is 1. The molecule has 3 rings (SSSR count). The predicted octanol–water partition coefficient (Wildman–Crippen LogP) is 2.71. The van der Waals surface area contributed by atoms with Gasteiger partial charge in [-0.3, -0.25) is 4.79 Å². The summed E-state index contributed by atoms with van der Waals surface area (Å²) in [4.78, 5) is 16.1. The van der Waals surface area contributed by atoms with Crippen molar-refractivity contribution in [3.8, 4) is 17.1 Å². The molecule has 7 heteroatoms. The molecule has 0 radical (unpaired) electrons. The Bertz CT molecular complexity index is 694. The average molecular weight is 353 g/mol. The lowest BCUT2D eigenvalue weighted by molar-refractivity contribution is -0.144. The van der Waals surface area contributed by atoms with Crippen LogP contribution in [-0.2, 0) is 14.9 Å². The van der Waals surface area contributed by atoms with Crippen molar-refractivity contribution < 1.29 is 18.8 Å². The SMILES string of the molecule is COC(=O)C1(c2nc(-c3ccc(OC)c(Br)c3)no2)CC1. The van der Waals surface area contributed by atoms with Crippen LogP contribution in [0.4, 0.5) is 0 Å². The van der Waals surface area contributed by atoms with Gasteiger partial charge < -0.3 is 14.0 Å². The summed E-state index contributed by atoms with van der Waals surface area (Å²) < 4.78 is 16.0. The number of ether oxygens (including phenoxy) is 2. The fraction of sp³-hybridized carbons (Fsp3) is 0.357. The summed E-state index contributed by atoms with van der Waals surface area (Å²) in [6, 6.07) is 5.48. The van der Waals surface area contributed by atoms with Crippen LogP contribution in [0.25, 0.3) is 11.4 Å². The number of hydrogen-bond donors (Lipinski definition) is 0. The van der Waals surface area contributed by atoms with E-state index in [1.165, 1.54) is 7.11 Å². The van der Waals surface area contributed by atoms with Crippen LogP contribution in [0.2, 0.25) is 0 Å². The quantitative estimate of drug-likeness (QED) is 0.787. The summed E-state index contributed by atoms with van der Waals surface area (Å²) >= 11 is 3.41. The van der Waals surface area contributed by atoms with Gasteiger partial charge in [0.05, 0.1) is 18.7 Å². The third kappa shape index (κ3) is 2.31. The zero-order valence-electron chi connectivity index (χ0n) is 11.6. The molecule has 1 saturated carbocycles. The normalized spacial score (nSPS) is 15.6. The van der Waals surface area contributed by atoms with Crippen molar-refractivity contribution in [1.82, 2.24) is 10.1 Å². The molecule has 0 spiro atoms. The van der Waals surface area contributed by atoms with E-state index in [4.69, 9.17) is 14.0 Å². The van der Waals surface area contributed by atoms with Gasteiger partial charge in [-0.1, -0.05) is 5.16 Å². The van der Waals surface area contributed by atoms with Gasteiger partial charge in [-0.15, -0.1) is 0 Å². The third-order valence-electron chi connectivity index (χ3n) is 3.57. The van der Waals surface area contributed by atoms with Crippen molar-refractivity contribution in [2.24, 2.45) is 0 Å². The molecule has 1 aromatic carbocycles. The number of rotatable bonds is 4. The molecular formula is C14H13BrN2O4. The minimum absolute atomic E-state index is 0.316. The fourth-order valence-electron chi connectivity index (χ4n) is 2.17. The maximum Gasteiger partial charge on any atom is 0.321 e. The Hall–Kier alpha value is -1.89. The first kappa shape index (κ1) is 14.1.